The van der Waals surface area contributed by atoms with Crippen molar-refractivity contribution in [2.24, 2.45) is 5.92 Å². The molecular formula is C18H30N2O. The zero-order valence-corrected chi connectivity index (χ0v) is 14.0. The van der Waals surface area contributed by atoms with Crippen molar-refractivity contribution in [1.82, 2.24) is 10.2 Å². The van der Waals surface area contributed by atoms with Gasteiger partial charge in [-0.3, -0.25) is 0 Å². The van der Waals surface area contributed by atoms with Crippen LogP contribution in [0.1, 0.15) is 32.8 Å². The average Bonchev–Trinajstić information content (AvgIpc) is 2.90. The van der Waals surface area contributed by atoms with Crippen LogP contribution in [0.15, 0.2) is 24.3 Å². The molecule has 0 bridgehead atoms. The van der Waals surface area contributed by atoms with Crippen molar-refractivity contribution >= 4 is 0 Å². The normalized spacial score (nSPS) is 19.9. The van der Waals surface area contributed by atoms with Crippen molar-refractivity contribution in [3.63, 3.8) is 0 Å². The molecule has 1 heterocycles. The van der Waals surface area contributed by atoms with Gasteiger partial charge in [0.05, 0.1) is 7.11 Å². The van der Waals surface area contributed by atoms with E-state index < -0.39 is 0 Å². The van der Waals surface area contributed by atoms with E-state index in [-0.39, 0.29) is 5.54 Å². The molecule has 1 aliphatic rings. The minimum absolute atomic E-state index is 0.227. The molecule has 0 spiro atoms. The van der Waals surface area contributed by atoms with Gasteiger partial charge in [0.1, 0.15) is 5.75 Å². The number of methoxy groups -OCH3 is 1. The number of ether oxygens (including phenoxy) is 1. The third-order valence-electron chi connectivity index (χ3n) is 4.18. The summed E-state index contributed by atoms with van der Waals surface area (Å²) in [7, 11) is 1.75. The maximum Gasteiger partial charge on any atom is 0.122 e. The molecule has 1 aromatic rings. The van der Waals surface area contributed by atoms with Gasteiger partial charge in [-0.15, -0.1) is 0 Å². The summed E-state index contributed by atoms with van der Waals surface area (Å²) in [5.74, 6) is 1.81. The summed E-state index contributed by atoms with van der Waals surface area (Å²) in [6.07, 6.45) is 2.39. The molecule has 1 fully saturated rings. The van der Waals surface area contributed by atoms with Crippen LogP contribution >= 0.6 is 0 Å². The number of nitrogens with one attached hydrogen (secondary N) is 1. The molecule has 1 N–H and O–H groups in total. The van der Waals surface area contributed by atoms with Crippen molar-refractivity contribution in [1.29, 1.82) is 0 Å². The van der Waals surface area contributed by atoms with Gasteiger partial charge >= 0.3 is 0 Å². The predicted molar refractivity (Wildman–Crippen MR) is 89.0 cm³/mol. The quantitative estimate of drug-likeness (QED) is 0.872. The summed E-state index contributed by atoms with van der Waals surface area (Å²) in [4.78, 5) is 2.58. The van der Waals surface area contributed by atoms with E-state index in [0.717, 1.165) is 31.2 Å². The lowest BCUT2D eigenvalue weighted by atomic mass is 10.1. The van der Waals surface area contributed by atoms with Gasteiger partial charge in [-0.05, 0) is 64.3 Å². The van der Waals surface area contributed by atoms with Gasteiger partial charge in [-0.25, -0.2) is 0 Å². The number of nitrogens with zero attached hydrogens (tertiary/aromatic N) is 1. The SMILES string of the molecule is COc1ccccc1CCN1CCC(CNC(C)(C)C)C1. The summed E-state index contributed by atoms with van der Waals surface area (Å²) in [5.41, 5.74) is 1.54. The van der Waals surface area contributed by atoms with E-state index in [4.69, 9.17) is 4.74 Å². The minimum atomic E-state index is 0.227. The Balaban J connectivity index is 1.75. The van der Waals surface area contributed by atoms with Crippen molar-refractivity contribution in [2.45, 2.75) is 39.2 Å². The molecule has 0 radical (unpaired) electrons. The van der Waals surface area contributed by atoms with Gasteiger partial charge in [0.25, 0.3) is 0 Å². The lowest BCUT2D eigenvalue weighted by Gasteiger charge is -2.23. The second kappa shape index (κ2) is 7.28. The molecule has 1 atom stereocenters. The standard InChI is InChI=1S/C18H30N2O/c1-18(2,3)19-13-15-9-11-20(14-15)12-10-16-7-5-6-8-17(16)21-4/h5-8,15,19H,9-14H2,1-4H3. The molecule has 118 valence electrons. The Morgan fingerprint density at radius 1 is 1.29 bits per heavy atom. The number of hydrogen-bond acceptors (Lipinski definition) is 3. The fourth-order valence-corrected chi connectivity index (χ4v) is 2.92. The lowest BCUT2D eigenvalue weighted by Crippen LogP contribution is -2.39. The summed E-state index contributed by atoms with van der Waals surface area (Å²) in [6, 6.07) is 8.35. The molecule has 1 saturated heterocycles. The average molecular weight is 290 g/mol. The van der Waals surface area contributed by atoms with E-state index in [2.05, 4.69) is 49.2 Å². The Hall–Kier alpha value is -1.06. The van der Waals surface area contributed by atoms with Crippen LogP contribution in [0.5, 0.6) is 5.75 Å². The molecule has 1 unspecified atom stereocenters. The second-order valence-electron chi connectivity index (χ2n) is 7.15. The van der Waals surface area contributed by atoms with Crippen LogP contribution in [0.25, 0.3) is 0 Å². The smallest absolute Gasteiger partial charge is 0.122 e. The van der Waals surface area contributed by atoms with Crippen LogP contribution in [0.3, 0.4) is 0 Å². The van der Waals surface area contributed by atoms with Crippen LogP contribution < -0.4 is 10.1 Å². The Labute approximate surface area is 129 Å². The molecule has 0 saturated carbocycles. The molecular weight excluding hydrogens is 260 g/mol. The van der Waals surface area contributed by atoms with Crippen molar-refractivity contribution < 1.29 is 4.74 Å². The van der Waals surface area contributed by atoms with E-state index in [0.29, 0.717) is 0 Å². The van der Waals surface area contributed by atoms with Crippen molar-refractivity contribution in [3.05, 3.63) is 29.8 Å². The molecule has 0 aliphatic carbocycles. The molecule has 1 aliphatic heterocycles. The molecule has 0 aromatic heterocycles. The highest BCUT2D eigenvalue weighted by atomic mass is 16.5. The highest BCUT2D eigenvalue weighted by Gasteiger charge is 2.23. The Morgan fingerprint density at radius 2 is 2.05 bits per heavy atom. The zero-order chi connectivity index (χ0) is 15.3. The maximum atomic E-state index is 5.43. The van der Waals surface area contributed by atoms with E-state index in [1.807, 2.05) is 6.07 Å². The van der Waals surface area contributed by atoms with Gasteiger partial charge in [-0.2, -0.15) is 0 Å². The summed E-state index contributed by atoms with van der Waals surface area (Å²) < 4.78 is 5.43. The monoisotopic (exact) mass is 290 g/mol. The third kappa shape index (κ3) is 5.33. The predicted octanol–water partition coefficient (Wildman–Crippen LogP) is 2.95. The molecule has 1 aromatic carbocycles. The summed E-state index contributed by atoms with van der Waals surface area (Å²) in [5, 5.41) is 3.63. The summed E-state index contributed by atoms with van der Waals surface area (Å²) in [6.45, 7) is 11.4. The summed E-state index contributed by atoms with van der Waals surface area (Å²) >= 11 is 0. The molecule has 3 nitrogen and oxygen atoms in total. The molecule has 0 amide bonds. The first-order chi connectivity index (χ1) is 9.98. The minimum Gasteiger partial charge on any atom is -0.496 e. The van der Waals surface area contributed by atoms with Crippen LogP contribution in [0.2, 0.25) is 0 Å². The second-order valence-corrected chi connectivity index (χ2v) is 7.15. The largest absolute Gasteiger partial charge is 0.496 e. The number of rotatable bonds is 6. The first-order valence-electron chi connectivity index (χ1n) is 8.07. The third-order valence-corrected chi connectivity index (χ3v) is 4.18. The maximum absolute atomic E-state index is 5.43. The number of para-hydroxylation sites is 1. The molecule has 2 rings (SSSR count). The number of likely N-dealkylation sites (tertiary alicyclic amines) is 1. The molecule has 3 heteroatoms. The van der Waals surface area contributed by atoms with Gasteiger partial charge in [0, 0.05) is 18.6 Å². The van der Waals surface area contributed by atoms with Crippen LogP contribution in [0.4, 0.5) is 0 Å². The van der Waals surface area contributed by atoms with Crippen LogP contribution in [-0.4, -0.2) is 43.7 Å². The van der Waals surface area contributed by atoms with Gasteiger partial charge in [0.2, 0.25) is 0 Å². The van der Waals surface area contributed by atoms with Gasteiger partial charge in [-0.1, -0.05) is 18.2 Å². The number of benzene rings is 1. The topological polar surface area (TPSA) is 24.5 Å². The molecule has 21 heavy (non-hydrogen) atoms. The van der Waals surface area contributed by atoms with Crippen LogP contribution in [-0.2, 0) is 6.42 Å². The van der Waals surface area contributed by atoms with E-state index in [1.54, 1.807) is 7.11 Å². The Morgan fingerprint density at radius 3 is 2.76 bits per heavy atom. The van der Waals surface area contributed by atoms with E-state index in [9.17, 15) is 0 Å². The van der Waals surface area contributed by atoms with Crippen molar-refractivity contribution in [2.75, 3.05) is 33.3 Å². The first kappa shape index (κ1) is 16.3. The fourth-order valence-electron chi connectivity index (χ4n) is 2.92. The van der Waals surface area contributed by atoms with Gasteiger partial charge in [0.15, 0.2) is 0 Å². The zero-order valence-electron chi connectivity index (χ0n) is 14.0. The fraction of sp³-hybridized carbons (Fsp3) is 0.667. The van der Waals surface area contributed by atoms with E-state index >= 15 is 0 Å². The first-order valence-corrected chi connectivity index (χ1v) is 8.07. The van der Waals surface area contributed by atoms with E-state index in [1.165, 1.54) is 25.1 Å². The Bertz CT molecular complexity index is 439. The van der Waals surface area contributed by atoms with Gasteiger partial charge < -0.3 is 15.0 Å². The van der Waals surface area contributed by atoms with Crippen molar-refractivity contribution in [3.8, 4) is 5.75 Å². The van der Waals surface area contributed by atoms with Crippen LogP contribution in [0, 0.1) is 5.92 Å². The highest BCUT2D eigenvalue weighted by molar-refractivity contribution is 5.33. The Kier molecular flexibility index (Phi) is 5.65. The number of hydrogen-bond donors (Lipinski definition) is 1. The highest BCUT2D eigenvalue weighted by Crippen LogP contribution is 2.20. The lowest BCUT2D eigenvalue weighted by molar-refractivity contribution is 0.313.